The van der Waals surface area contributed by atoms with Gasteiger partial charge in [0, 0.05) is 11.8 Å². The van der Waals surface area contributed by atoms with Gasteiger partial charge >= 0.3 is 0 Å². The summed E-state index contributed by atoms with van der Waals surface area (Å²) in [5.41, 5.74) is 1.29. The van der Waals surface area contributed by atoms with Crippen molar-refractivity contribution in [2.75, 3.05) is 0 Å². The van der Waals surface area contributed by atoms with Crippen molar-refractivity contribution in [3.63, 3.8) is 0 Å². The lowest BCUT2D eigenvalue weighted by Gasteiger charge is -2.57. The van der Waals surface area contributed by atoms with Crippen LogP contribution in [-0.2, 0) is 9.59 Å². The summed E-state index contributed by atoms with van der Waals surface area (Å²) in [6.45, 7) is 12.1. The normalized spacial score (nSPS) is 47.5. The van der Waals surface area contributed by atoms with E-state index in [-0.39, 0.29) is 22.9 Å². The minimum absolute atomic E-state index is 0.0248. The van der Waals surface area contributed by atoms with Crippen molar-refractivity contribution in [3.8, 4) is 0 Å². The van der Waals surface area contributed by atoms with Gasteiger partial charge in [-0.05, 0) is 79.9 Å². The average Bonchev–Trinajstić information content (AvgIpc) is 2.78. The molecule has 0 aromatic heterocycles. The first-order valence-corrected chi connectivity index (χ1v) is 9.91. The molecule has 4 aliphatic carbocycles. The third kappa shape index (κ3) is 1.93. The standard InChI is InChI=1S/C23H30O3/c1-13-10-17-18(21(4)8-6-16(25)12-19(13)21)7-9-22(5)20(17)11-14(2)23(22,26)15(3)24/h10,12,17-18,20,26H,2,6-9,11H2,1,3-5H3/t17-,18+,20+,21+,22+,23+/m0/s1. The Morgan fingerprint density at radius 1 is 1.27 bits per heavy atom. The van der Waals surface area contributed by atoms with Crippen molar-refractivity contribution >= 4 is 11.6 Å². The summed E-state index contributed by atoms with van der Waals surface area (Å²) < 4.78 is 0. The number of Topliss-reactive ketones (excluding diaryl/α,β-unsaturated/α-hetero) is 1. The van der Waals surface area contributed by atoms with Crippen molar-refractivity contribution in [3.05, 3.63) is 35.5 Å². The van der Waals surface area contributed by atoms with E-state index < -0.39 is 11.0 Å². The minimum Gasteiger partial charge on any atom is -0.377 e. The van der Waals surface area contributed by atoms with Gasteiger partial charge in [0.1, 0.15) is 5.60 Å². The largest absolute Gasteiger partial charge is 0.377 e. The molecule has 2 saturated carbocycles. The summed E-state index contributed by atoms with van der Waals surface area (Å²) in [4.78, 5) is 24.4. The Morgan fingerprint density at radius 2 is 1.96 bits per heavy atom. The van der Waals surface area contributed by atoms with Crippen molar-refractivity contribution in [2.45, 2.75) is 65.4 Å². The van der Waals surface area contributed by atoms with Crippen molar-refractivity contribution in [1.82, 2.24) is 0 Å². The van der Waals surface area contributed by atoms with Crippen LogP contribution in [0.5, 0.6) is 0 Å². The highest BCUT2D eigenvalue weighted by molar-refractivity contribution is 5.93. The number of allylic oxidation sites excluding steroid dienone is 4. The number of hydrogen-bond donors (Lipinski definition) is 1. The summed E-state index contributed by atoms with van der Waals surface area (Å²) >= 11 is 0. The smallest absolute Gasteiger partial charge is 0.166 e. The van der Waals surface area contributed by atoms with Gasteiger partial charge in [-0.2, -0.15) is 0 Å². The molecule has 4 rings (SSSR count). The predicted octanol–water partition coefficient (Wildman–Crippen LogP) is 4.17. The van der Waals surface area contributed by atoms with Gasteiger partial charge in [-0.25, -0.2) is 0 Å². The highest BCUT2D eigenvalue weighted by atomic mass is 16.3. The van der Waals surface area contributed by atoms with E-state index in [2.05, 4.69) is 33.4 Å². The van der Waals surface area contributed by atoms with Crippen LogP contribution in [0, 0.1) is 28.6 Å². The van der Waals surface area contributed by atoms with Crippen LogP contribution in [0.2, 0.25) is 0 Å². The maximum absolute atomic E-state index is 12.4. The van der Waals surface area contributed by atoms with Crippen LogP contribution in [0.3, 0.4) is 0 Å². The Balaban J connectivity index is 1.83. The molecular weight excluding hydrogens is 324 g/mol. The van der Waals surface area contributed by atoms with Crippen LogP contribution in [-0.4, -0.2) is 22.3 Å². The predicted molar refractivity (Wildman–Crippen MR) is 101 cm³/mol. The molecule has 0 aromatic carbocycles. The quantitative estimate of drug-likeness (QED) is 0.719. The topological polar surface area (TPSA) is 54.4 Å². The van der Waals surface area contributed by atoms with Crippen LogP contribution in [0.25, 0.3) is 0 Å². The van der Waals surface area contributed by atoms with Gasteiger partial charge in [-0.15, -0.1) is 0 Å². The lowest BCUT2D eigenvalue weighted by molar-refractivity contribution is -0.151. The number of rotatable bonds is 1. The van der Waals surface area contributed by atoms with E-state index in [1.807, 2.05) is 6.08 Å². The second-order valence-electron chi connectivity index (χ2n) is 9.61. The number of carbonyl (C=O) groups is 2. The molecule has 0 heterocycles. The van der Waals surface area contributed by atoms with Crippen LogP contribution < -0.4 is 0 Å². The molecular formula is C23H30O3. The number of fused-ring (bicyclic) bond motifs is 5. The molecule has 26 heavy (non-hydrogen) atoms. The zero-order valence-corrected chi connectivity index (χ0v) is 16.4. The van der Waals surface area contributed by atoms with E-state index >= 15 is 0 Å². The second kappa shape index (κ2) is 5.28. The maximum atomic E-state index is 12.4. The van der Waals surface area contributed by atoms with Crippen LogP contribution in [0.1, 0.15) is 59.8 Å². The highest BCUT2D eigenvalue weighted by Gasteiger charge is 2.66. The molecule has 0 saturated heterocycles. The molecule has 0 spiro atoms. The van der Waals surface area contributed by atoms with E-state index in [4.69, 9.17) is 0 Å². The Hall–Kier alpha value is -1.48. The van der Waals surface area contributed by atoms with E-state index in [1.54, 1.807) is 0 Å². The van der Waals surface area contributed by atoms with E-state index in [1.165, 1.54) is 18.1 Å². The Kier molecular flexibility index (Phi) is 3.64. The van der Waals surface area contributed by atoms with Gasteiger partial charge in [-0.3, -0.25) is 9.59 Å². The number of carbonyl (C=O) groups excluding carboxylic acids is 2. The van der Waals surface area contributed by atoms with Gasteiger partial charge < -0.3 is 5.11 Å². The summed E-state index contributed by atoms with van der Waals surface area (Å²) in [6, 6.07) is 0. The fourth-order valence-corrected chi connectivity index (χ4v) is 7.04. The van der Waals surface area contributed by atoms with Gasteiger partial charge in [0.2, 0.25) is 0 Å². The van der Waals surface area contributed by atoms with Crippen LogP contribution in [0.4, 0.5) is 0 Å². The number of aliphatic hydroxyl groups is 1. The van der Waals surface area contributed by atoms with Crippen molar-refractivity contribution in [2.24, 2.45) is 28.6 Å². The summed E-state index contributed by atoms with van der Waals surface area (Å²) in [5.74, 6) is 1.09. The van der Waals surface area contributed by atoms with Crippen molar-refractivity contribution in [1.29, 1.82) is 0 Å². The minimum atomic E-state index is -1.40. The van der Waals surface area contributed by atoms with E-state index in [9.17, 15) is 14.7 Å². The van der Waals surface area contributed by atoms with Gasteiger partial charge in [0.15, 0.2) is 11.6 Å². The highest BCUT2D eigenvalue weighted by Crippen LogP contribution is 2.67. The van der Waals surface area contributed by atoms with E-state index in [0.717, 1.165) is 19.3 Å². The third-order valence-corrected chi connectivity index (χ3v) is 8.53. The first-order valence-electron chi connectivity index (χ1n) is 9.91. The Labute approximate surface area is 156 Å². The summed E-state index contributed by atoms with van der Waals surface area (Å²) in [6.07, 6.45) is 8.26. The fourth-order valence-electron chi connectivity index (χ4n) is 7.04. The molecule has 1 N–H and O–H groups in total. The number of ketones is 2. The monoisotopic (exact) mass is 354 g/mol. The Bertz CT molecular complexity index is 787. The zero-order chi connectivity index (χ0) is 19.1. The van der Waals surface area contributed by atoms with E-state index in [0.29, 0.717) is 30.3 Å². The molecule has 0 unspecified atom stereocenters. The third-order valence-electron chi connectivity index (χ3n) is 8.53. The lowest BCUT2D eigenvalue weighted by Crippen LogP contribution is -2.57. The summed E-state index contributed by atoms with van der Waals surface area (Å²) in [5, 5.41) is 11.4. The Morgan fingerprint density at radius 3 is 2.62 bits per heavy atom. The summed E-state index contributed by atoms with van der Waals surface area (Å²) in [7, 11) is 0. The van der Waals surface area contributed by atoms with Crippen LogP contribution in [0.15, 0.2) is 35.5 Å². The molecule has 0 aromatic rings. The first-order chi connectivity index (χ1) is 12.1. The van der Waals surface area contributed by atoms with Gasteiger partial charge in [-0.1, -0.05) is 32.1 Å². The molecule has 0 aliphatic heterocycles. The molecule has 3 heteroatoms. The molecule has 0 bridgehead atoms. The number of hydrogen-bond acceptors (Lipinski definition) is 3. The SMILES string of the molecule is C=C1C[C@@H]2[C@H]3C=C(C)C4=CC(=O)CC[C@]4(C)[C@@H]3CC[C@@]2(C)[C@]1(O)C(C)=O. The first kappa shape index (κ1) is 17.9. The molecule has 4 aliphatic rings. The fraction of sp³-hybridized carbons (Fsp3) is 0.652. The maximum Gasteiger partial charge on any atom is 0.166 e. The molecule has 2 fully saturated rings. The van der Waals surface area contributed by atoms with Crippen molar-refractivity contribution < 1.29 is 14.7 Å². The molecule has 140 valence electrons. The average molecular weight is 354 g/mol. The molecule has 0 radical (unpaired) electrons. The zero-order valence-electron chi connectivity index (χ0n) is 16.4. The van der Waals surface area contributed by atoms with Gasteiger partial charge in [0.25, 0.3) is 0 Å². The lowest BCUT2D eigenvalue weighted by atomic mass is 9.47. The second-order valence-corrected chi connectivity index (χ2v) is 9.61. The van der Waals surface area contributed by atoms with Crippen LogP contribution >= 0.6 is 0 Å². The van der Waals surface area contributed by atoms with Gasteiger partial charge in [0.05, 0.1) is 0 Å². The molecule has 0 amide bonds. The molecule has 3 nitrogen and oxygen atoms in total. The molecule has 6 atom stereocenters.